The molecule has 0 aromatic rings. The van der Waals surface area contributed by atoms with E-state index in [0.29, 0.717) is 12.1 Å². The van der Waals surface area contributed by atoms with Gasteiger partial charge < -0.3 is 16.8 Å². The molecule has 1 rings (SSSR count). The van der Waals surface area contributed by atoms with Gasteiger partial charge >= 0.3 is 0 Å². The molecule has 0 radical (unpaired) electrons. The van der Waals surface area contributed by atoms with Crippen LogP contribution in [0.25, 0.3) is 0 Å². The lowest BCUT2D eigenvalue weighted by Crippen LogP contribution is -2.44. The fourth-order valence-corrected chi connectivity index (χ4v) is 2.41. The quantitative estimate of drug-likeness (QED) is 0.385. The van der Waals surface area contributed by atoms with Crippen LogP contribution in [0, 0.1) is 0 Å². The molecular weight excluding hydrogens is 200 g/mol. The standard InChI is InChI=1S/C12H26N4/c1-12(16-10-9-15-11(13)14)7-5-3-2-4-6-8-12/h16H,2-10H2,1H3,(H4,13,14,15). The molecule has 0 unspecified atom stereocenters. The van der Waals surface area contributed by atoms with E-state index in [1.165, 1.54) is 44.9 Å². The third kappa shape index (κ3) is 5.35. The molecule has 1 saturated carbocycles. The van der Waals surface area contributed by atoms with Crippen LogP contribution in [0.2, 0.25) is 0 Å². The minimum absolute atomic E-state index is 0.185. The maximum Gasteiger partial charge on any atom is 0.185 e. The van der Waals surface area contributed by atoms with Crippen molar-refractivity contribution in [1.29, 1.82) is 0 Å². The smallest absolute Gasteiger partial charge is 0.185 e. The van der Waals surface area contributed by atoms with Gasteiger partial charge in [0.15, 0.2) is 5.96 Å². The first-order chi connectivity index (χ1) is 7.62. The number of guanidine groups is 1. The molecular formula is C12H26N4. The lowest BCUT2D eigenvalue weighted by atomic mass is 9.85. The third-order valence-electron chi connectivity index (χ3n) is 3.42. The highest BCUT2D eigenvalue weighted by Crippen LogP contribution is 2.25. The summed E-state index contributed by atoms with van der Waals surface area (Å²) in [6.45, 7) is 3.88. The van der Waals surface area contributed by atoms with E-state index in [-0.39, 0.29) is 5.96 Å². The maximum atomic E-state index is 5.29. The zero-order valence-electron chi connectivity index (χ0n) is 10.5. The van der Waals surface area contributed by atoms with Crippen molar-refractivity contribution in [2.75, 3.05) is 13.1 Å². The van der Waals surface area contributed by atoms with E-state index in [2.05, 4.69) is 17.2 Å². The Labute approximate surface area is 98.9 Å². The summed E-state index contributed by atoms with van der Waals surface area (Å²) in [4.78, 5) is 3.99. The lowest BCUT2D eigenvalue weighted by molar-refractivity contribution is 0.276. The molecule has 0 bridgehead atoms. The molecule has 1 aliphatic rings. The highest BCUT2D eigenvalue weighted by atomic mass is 15.0. The van der Waals surface area contributed by atoms with Crippen LogP contribution < -0.4 is 16.8 Å². The molecule has 1 aliphatic carbocycles. The Morgan fingerprint density at radius 3 is 2.25 bits per heavy atom. The van der Waals surface area contributed by atoms with Gasteiger partial charge in [-0.25, -0.2) is 0 Å². The predicted molar refractivity (Wildman–Crippen MR) is 69.4 cm³/mol. The summed E-state index contributed by atoms with van der Waals surface area (Å²) >= 11 is 0. The van der Waals surface area contributed by atoms with Crippen LogP contribution >= 0.6 is 0 Å². The second-order valence-electron chi connectivity index (χ2n) is 5.06. The van der Waals surface area contributed by atoms with Gasteiger partial charge in [0.2, 0.25) is 0 Å². The Morgan fingerprint density at radius 2 is 1.69 bits per heavy atom. The average Bonchev–Trinajstić information content (AvgIpc) is 2.19. The van der Waals surface area contributed by atoms with Crippen LogP contribution in [0.1, 0.15) is 51.9 Å². The number of hydrogen-bond acceptors (Lipinski definition) is 2. The Morgan fingerprint density at radius 1 is 1.12 bits per heavy atom. The van der Waals surface area contributed by atoms with E-state index < -0.39 is 0 Å². The molecule has 1 fully saturated rings. The lowest BCUT2D eigenvalue weighted by Gasteiger charge is -2.32. The molecule has 94 valence electrons. The summed E-state index contributed by atoms with van der Waals surface area (Å²) in [7, 11) is 0. The van der Waals surface area contributed by atoms with Gasteiger partial charge in [-0.1, -0.05) is 32.1 Å². The maximum absolute atomic E-state index is 5.29. The van der Waals surface area contributed by atoms with Crippen LogP contribution in [-0.4, -0.2) is 24.6 Å². The molecule has 0 aromatic heterocycles. The minimum Gasteiger partial charge on any atom is -0.370 e. The normalized spacial score (nSPS) is 20.8. The van der Waals surface area contributed by atoms with Gasteiger partial charge in [0.1, 0.15) is 0 Å². The molecule has 0 heterocycles. The van der Waals surface area contributed by atoms with Crippen LogP contribution in [0.5, 0.6) is 0 Å². The zero-order valence-corrected chi connectivity index (χ0v) is 10.5. The van der Waals surface area contributed by atoms with Crippen LogP contribution in [-0.2, 0) is 0 Å². The Bertz CT molecular complexity index is 213. The first kappa shape index (κ1) is 13.3. The van der Waals surface area contributed by atoms with Crippen molar-refractivity contribution < 1.29 is 0 Å². The van der Waals surface area contributed by atoms with Gasteiger partial charge in [-0.3, -0.25) is 4.99 Å². The zero-order chi connectivity index (χ0) is 11.9. The molecule has 0 aromatic carbocycles. The average molecular weight is 226 g/mol. The molecule has 0 spiro atoms. The molecule has 0 aliphatic heterocycles. The second-order valence-corrected chi connectivity index (χ2v) is 5.06. The summed E-state index contributed by atoms with van der Waals surface area (Å²) in [5.74, 6) is 0.185. The van der Waals surface area contributed by atoms with Crippen molar-refractivity contribution in [1.82, 2.24) is 5.32 Å². The van der Waals surface area contributed by atoms with Crippen LogP contribution in [0.3, 0.4) is 0 Å². The van der Waals surface area contributed by atoms with Gasteiger partial charge in [-0.05, 0) is 19.8 Å². The van der Waals surface area contributed by atoms with E-state index in [1.807, 2.05) is 0 Å². The summed E-state index contributed by atoms with van der Waals surface area (Å²) < 4.78 is 0. The number of rotatable bonds is 4. The number of nitrogens with one attached hydrogen (secondary N) is 1. The number of hydrogen-bond donors (Lipinski definition) is 3. The molecule has 5 N–H and O–H groups in total. The van der Waals surface area contributed by atoms with Gasteiger partial charge in [0, 0.05) is 12.1 Å². The van der Waals surface area contributed by atoms with Gasteiger partial charge in [0.05, 0.1) is 6.54 Å². The van der Waals surface area contributed by atoms with Gasteiger partial charge in [-0.15, -0.1) is 0 Å². The van der Waals surface area contributed by atoms with Crippen molar-refractivity contribution in [3.05, 3.63) is 0 Å². The van der Waals surface area contributed by atoms with E-state index in [0.717, 1.165) is 6.54 Å². The summed E-state index contributed by atoms with van der Waals surface area (Å²) in [6.07, 6.45) is 9.39. The van der Waals surface area contributed by atoms with E-state index in [9.17, 15) is 0 Å². The number of aliphatic imine (C=N–C) groups is 1. The fraction of sp³-hybridized carbons (Fsp3) is 0.917. The third-order valence-corrected chi connectivity index (χ3v) is 3.42. The molecule has 0 atom stereocenters. The fourth-order valence-electron chi connectivity index (χ4n) is 2.41. The first-order valence-corrected chi connectivity index (χ1v) is 6.43. The molecule has 16 heavy (non-hydrogen) atoms. The van der Waals surface area contributed by atoms with E-state index >= 15 is 0 Å². The predicted octanol–water partition coefficient (Wildman–Crippen LogP) is 1.35. The summed E-state index contributed by atoms with van der Waals surface area (Å²) in [5.41, 5.74) is 10.9. The van der Waals surface area contributed by atoms with Crippen molar-refractivity contribution in [3.63, 3.8) is 0 Å². The molecule has 4 nitrogen and oxygen atoms in total. The molecule has 0 saturated heterocycles. The van der Waals surface area contributed by atoms with Crippen LogP contribution in [0.4, 0.5) is 0 Å². The van der Waals surface area contributed by atoms with Crippen molar-refractivity contribution in [2.24, 2.45) is 16.5 Å². The summed E-state index contributed by atoms with van der Waals surface area (Å²) in [6, 6.07) is 0. The Hall–Kier alpha value is -0.770. The SMILES string of the molecule is CC1(NCCN=C(N)N)CCCCCCC1. The van der Waals surface area contributed by atoms with Crippen molar-refractivity contribution >= 4 is 5.96 Å². The van der Waals surface area contributed by atoms with E-state index in [1.54, 1.807) is 0 Å². The minimum atomic E-state index is 0.185. The largest absolute Gasteiger partial charge is 0.370 e. The van der Waals surface area contributed by atoms with Gasteiger partial charge in [0.25, 0.3) is 0 Å². The monoisotopic (exact) mass is 226 g/mol. The Kier molecular flexibility index (Phi) is 5.60. The number of nitrogens with two attached hydrogens (primary N) is 2. The van der Waals surface area contributed by atoms with Crippen LogP contribution in [0.15, 0.2) is 4.99 Å². The topological polar surface area (TPSA) is 76.4 Å². The first-order valence-electron chi connectivity index (χ1n) is 6.43. The van der Waals surface area contributed by atoms with Gasteiger partial charge in [-0.2, -0.15) is 0 Å². The molecule has 0 amide bonds. The van der Waals surface area contributed by atoms with E-state index in [4.69, 9.17) is 11.5 Å². The van der Waals surface area contributed by atoms with Crippen molar-refractivity contribution in [3.8, 4) is 0 Å². The number of nitrogens with zero attached hydrogens (tertiary/aromatic N) is 1. The highest BCUT2D eigenvalue weighted by molar-refractivity contribution is 5.75. The van der Waals surface area contributed by atoms with Crippen molar-refractivity contribution in [2.45, 2.75) is 57.4 Å². The summed E-state index contributed by atoms with van der Waals surface area (Å²) in [5, 5.41) is 3.60. The Balaban J connectivity index is 2.27. The molecule has 4 heteroatoms. The highest BCUT2D eigenvalue weighted by Gasteiger charge is 2.23. The second kappa shape index (κ2) is 6.74.